The second kappa shape index (κ2) is 7.36. The molecule has 1 aliphatic carbocycles. The molecule has 3 rings (SSSR count). The van der Waals surface area contributed by atoms with Gasteiger partial charge in [0.1, 0.15) is 5.75 Å². The van der Waals surface area contributed by atoms with Crippen molar-refractivity contribution in [3.8, 4) is 11.6 Å². The van der Waals surface area contributed by atoms with Gasteiger partial charge in [-0.05, 0) is 53.0 Å². The fourth-order valence-electron chi connectivity index (χ4n) is 2.73. The second-order valence-electron chi connectivity index (χ2n) is 5.79. The summed E-state index contributed by atoms with van der Waals surface area (Å²) in [6.45, 7) is 0. The molecule has 136 valence electrons. The molecule has 1 fully saturated rings. The first-order valence-electron chi connectivity index (χ1n) is 7.72. The Morgan fingerprint density at radius 3 is 2.46 bits per heavy atom. The number of pyridine rings is 1. The summed E-state index contributed by atoms with van der Waals surface area (Å²) in [4.78, 5) is 29.3. The average molecular weight is 485 g/mol. The van der Waals surface area contributed by atoms with Crippen LogP contribution in [0.15, 0.2) is 39.3 Å². The van der Waals surface area contributed by atoms with Gasteiger partial charge in [-0.25, -0.2) is 9.78 Å². The fourth-order valence-corrected chi connectivity index (χ4v) is 3.67. The highest BCUT2D eigenvalue weighted by molar-refractivity contribution is 9.10. The number of Topliss-reactive ketones (excluding diaryl/α,β-unsaturated/α-hetero) is 1. The van der Waals surface area contributed by atoms with Crippen molar-refractivity contribution in [1.82, 2.24) is 4.98 Å². The second-order valence-corrected chi connectivity index (χ2v) is 7.56. The number of carbonyl (C=O) groups is 2. The Labute approximate surface area is 167 Å². The van der Waals surface area contributed by atoms with Crippen molar-refractivity contribution in [3.63, 3.8) is 0 Å². The molecule has 0 bridgehead atoms. The summed E-state index contributed by atoms with van der Waals surface area (Å²) >= 11 is 6.79. The van der Waals surface area contributed by atoms with E-state index in [1.165, 1.54) is 14.2 Å². The molecule has 0 amide bonds. The van der Waals surface area contributed by atoms with Gasteiger partial charge in [0, 0.05) is 15.0 Å². The lowest BCUT2D eigenvalue weighted by molar-refractivity contribution is 0.0936. The van der Waals surface area contributed by atoms with Crippen molar-refractivity contribution >= 4 is 43.8 Å². The van der Waals surface area contributed by atoms with Crippen molar-refractivity contribution in [2.24, 2.45) is 0 Å². The van der Waals surface area contributed by atoms with E-state index in [-0.39, 0.29) is 11.5 Å². The minimum Gasteiger partial charge on any atom is -0.481 e. The van der Waals surface area contributed by atoms with Crippen molar-refractivity contribution in [3.05, 3.63) is 50.5 Å². The number of halogens is 2. The molecule has 6 nitrogen and oxygen atoms in total. The predicted molar refractivity (Wildman–Crippen MR) is 101 cm³/mol. The van der Waals surface area contributed by atoms with Crippen LogP contribution in [0.5, 0.6) is 11.6 Å². The number of nitrogens with zero attached hydrogens (tertiary/aromatic N) is 1. The van der Waals surface area contributed by atoms with Crippen LogP contribution in [0.1, 0.15) is 28.9 Å². The van der Waals surface area contributed by atoms with Crippen LogP contribution in [0.3, 0.4) is 0 Å². The lowest BCUT2D eigenvalue weighted by atomic mass is 9.90. The largest absolute Gasteiger partial charge is 0.513 e. The van der Waals surface area contributed by atoms with Crippen LogP contribution in [-0.4, -0.2) is 31.1 Å². The summed E-state index contributed by atoms with van der Waals surface area (Å²) in [7, 11) is 2.74. The molecule has 1 aliphatic rings. The molecule has 8 heteroatoms. The maximum atomic E-state index is 13.3. The molecular formula is C18H15Br2NO5. The van der Waals surface area contributed by atoms with Gasteiger partial charge in [0.25, 0.3) is 0 Å². The first-order valence-corrected chi connectivity index (χ1v) is 9.31. The Hall–Kier alpha value is -1.93. The van der Waals surface area contributed by atoms with Crippen LogP contribution in [-0.2, 0) is 10.2 Å². The van der Waals surface area contributed by atoms with E-state index >= 15 is 0 Å². The van der Waals surface area contributed by atoms with Gasteiger partial charge >= 0.3 is 6.16 Å². The molecule has 26 heavy (non-hydrogen) atoms. The Kier molecular flexibility index (Phi) is 5.34. The molecule has 0 atom stereocenters. The number of hydrogen-bond donors (Lipinski definition) is 0. The number of methoxy groups -OCH3 is 2. The SMILES string of the molecule is COC(=O)Oc1cc(Br)ccc1C(=O)C1(c2nc(OC)ccc2Br)CC1. The maximum absolute atomic E-state index is 13.3. The van der Waals surface area contributed by atoms with Gasteiger partial charge in [0.05, 0.1) is 30.9 Å². The first-order chi connectivity index (χ1) is 12.4. The molecule has 0 unspecified atom stereocenters. The van der Waals surface area contributed by atoms with E-state index in [0.717, 1.165) is 4.47 Å². The summed E-state index contributed by atoms with van der Waals surface area (Å²) in [6, 6.07) is 8.44. The van der Waals surface area contributed by atoms with Gasteiger partial charge in [-0.1, -0.05) is 15.9 Å². The molecule has 1 heterocycles. The van der Waals surface area contributed by atoms with E-state index < -0.39 is 11.6 Å². The van der Waals surface area contributed by atoms with E-state index in [1.54, 1.807) is 24.3 Å². The minimum absolute atomic E-state index is 0.140. The fraction of sp³-hybridized carbons (Fsp3) is 0.278. The Morgan fingerprint density at radius 2 is 1.85 bits per heavy atom. The van der Waals surface area contributed by atoms with Crippen molar-refractivity contribution < 1.29 is 23.8 Å². The molecule has 0 spiro atoms. The topological polar surface area (TPSA) is 74.7 Å². The van der Waals surface area contributed by atoms with Gasteiger partial charge < -0.3 is 14.2 Å². The highest BCUT2D eigenvalue weighted by atomic mass is 79.9. The normalized spacial score (nSPS) is 14.5. The number of rotatable bonds is 5. The zero-order valence-electron chi connectivity index (χ0n) is 14.0. The quantitative estimate of drug-likeness (QED) is 0.348. The van der Waals surface area contributed by atoms with Crippen molar-refractivity contribution in [2.75, 3.05) is 14.2 Å². The third kappa shape index (κ3) is 3.48. The minimum atomic E-state index is -0.886. The lowest BCUT2D eigenvalue weighted by Gasteiger charge is -2.18. The standard InChI is InChI=1S/C18H15Br2NO5/c1-24-14-6-5-12(20)15(21-14)18(7-8-18)16(22)11-4-3-10(19)9-13(11)26-17(23)25-2/h3-6,9H,7-8H2,1-2H3. The van der Waals surface area contributed by atoms with Crippen LogP contribution in [0.4, 0.5) is 4.79 Å². The third-order valence-corrected chi connectivity index (χ3v) is 5.35. The van der Waals surface area contributed by atoms with E-state index in [1.807, 2.05) is 6.07 Å². The highest BCUT2D eigenvalue weighted by Gasteiger charge is 2.54. The smallest absolute Gasteiger partial charge is 0.481 e. The summed E-state index contributed by atoms with van der Waals surface area (Å²) in [5.41, 5.74) is 0.150. The molecule has 0 radical (unpaired) electrons. The Morgan fingerprint density at radius 1 is 1.12 bits per heavy atom. The van der Waals surface area contributed by atoms with E-state index in [9.17, 15) is 9.59 Å². The van der Waals surface area contributed by atoms with E-state index in [4.69, 9.17) is 9.47 Å². The number of benzene rings is 1. The Balaban J connectivity index is 2.03. The van der Waals surface area contributed by atoms with Crippen molar-refractivity contribution in [1.29, 1.82) is 0 Å². The van der Waals surface area contributed by atoms with Crippen LogP contribution in [0, 0.1) is 0 Å². The molecule has 2 aromatic rings. The maximum Gasteiger partial charge on any atom is 0.513 e. The average Bonchev–Trinajstić information content (AvgIpc) is 3.43. The first kappa shape index (κ1) is 18.8. The lowest BCUT2D eigenvalue weighted by Crippen LogP contribution is -2.24. The molecule has 0 aliphatic heterocycles. The zero-order valence-corrected chi connectivity index (χ0v) is 17.2. The molecule has 0 N–H and O–H groups in total. The summed E-state index contributed by atoms with van der Waals surface area (Å²) in [5.74, 6) is 0.413. The zero-order chi connectivity index (χ0) is 18.9. The molecule has 0 saturated heterocycles. The van der Waals surface area contributed by atoms with Crippen LogP contribution < -0.4 is 9.47 Å². The third-order valence-electron chi connectivity index (χ3n) is 4.22. The van der Waals surface area contributed by atoms with Gasteiger partial charge in [-0.15, -0.1) is 0 Å². The monoisotopic (exact) mass is 483 g/mol. The number of ether oxygens (including phenoxy) is 3. The number of hydrogen-bond acceptors (Lipinski definition) is 6. The molecule has 1 saturated carbocycles. The van der Waals surface area contributed by atoms with Gasteiger partial charge in [-0.2, -0.15) is 0 Å². The van der Waals surface area contributed by atoms with Crippen LogP contribution in [0.2, 0.25) is 0 Å². The Bertz CT molecular complexity index is 880. The van der Waals surface area contributed by atoms with E-state index in [2.05, 4.69) is 41.6 Å². The summed E-state index contributed by atoms with van der Waals surface area (Å²) < 4.78 is 16.3. The van der Waals surface area contributed by atoms with Crippen LogP contribution >= 0.6 is 31.9 Å². The van der Waals surface area contributed by atoms with Crippen LogP contribution in [0.25, 0.3) is 0 Å². The number of carbonyl (C=O) groups excluding carboxylic acids is 2. The van der Waals surface area contributed by atoms with Gasteiger partial charge in [0.2, 0.25) is 5.88 Å². The molecule has 1 aromatic carbocycles. The number of ketones is 1. The van der Waals surface area contributed by atoms with Gasteiger partial charge in [-0.3, -0.25) is 4.79 Å². The van der Waals surface area contributed by atoms with Gasteiger partial charge in [0.15, 0.2) is 5.78 Å². The van der Waals surface area contributed by atoms with Crippen molar-refractivity contribution in [2.45, 2.75) is 18.3 Å². The summed E-state index contributed by atoms with van der Waals surface area (Å²) in [5, 5.41) is 0. The predicted octanol–water partition coefficient (Wildman–Crippen LogP) is 4.67. The van der Waals surface area contributed by atoms with E-state index in [0.29, 0.717) is 34.5 Å². The highest BCUT2D eigenvalue weighted by Crippen LogP contribution is 2.53. The summed E-state index contributed by atoms with van der Waals surface area (Å²) in [6.07, 6.45) is 0.416. The molecular weight excluding hydrogens is 470 g/mol. The number of aromatic nitrogens is 1. The molecule has 1 aromatic heterocycles.